The third-order valence-corrected chi connectivity index (χ3v) is 3.66. The van der Waals surface area contributed by atoms with E-state index < -0.39 is 0 Å². The summed E-state index contributed by atoms with van der Waals surface area (Å²) < 4.78 is 10.8. The summed E-state index contributed by atoms with van der Waals surface area (Å²) in [4.78, 5) is 2.25. The summed E-state index contributed by atoms with van der Waals surface area (Å²) in [6.45, 7) is 4.74. The monoisotopic (exact) mass is 262 g/mol. The zero-order valence-corrected chi connectivity index (χ0v) is 11.0. The Labute approximate surface area is 111 Å². The molecule has 6 heteroatoms. The van der Waals surface area contributed by atoms with Gasteiger partial charge in [0.05, 0.1) is 12.8 Å². The molecule has 1 fully saturated rings. The molecular formula is C13H18N4O2. The second-order valence-corrected chi connectivity index (χ2v) is 5.14. The maximum atomic E-state index is 6.08. The Morgan fingerprint density at radius 1 is 1.47 bits per heavy atom. The van der Waals surface area contributed by atoms with E-state index in [1.807, 2.05) is 0 Å². The Kier molecular flexibility index (Phi) is 3.35. The summed E-state index contributed by atoms with van der Waals surface area (Å²) >= 11 is 0. The van der Waals surface area contributed by atoms with Crippen LogP contribution in [0.3, 0.4) is 0 Å². The lowest BCUT2D eigenvalue weighted by atomic mass is 9.94. The Hall–Kier alpha value is -1.66. The lowest BCUT2D eigenvalue weighted by molar-refractivity contribution is 0.150. The molecule has 1 aliphatic rings. The average molecular weight is 262 g/mol. The van der Waals surface area contributed by atoms with Crippen molar-refractivity contribution >= 4 is 0 Å². The van der Waals surface area contributed by atoms with Crippen LogP contribution in [0.5, 0.6) is 0 Å². The van der Waals surface area contributed by atoms with Gasteiger partial charge < -0.3 is 14.6 Å². The van der Waals surface area contributed by atoms with E-state index in [0.717, 1.165) is 19.5 Å². The van der Waals surface area contributed by atoms with Gasteiger partial charge in [0.25, 0.3) is 5.89 Å². The van der Waals surface area contributed by atoms with E-state index in [1.165, 1.54) is 0 Å². The fraction of sp³-hybridized carbons (Fsp3) is 0.538. The number of piperidine rings is 1. The molecule has 1 saturated heterocycles. The fourth-order valence-electron chi connectivity index (χ4n) is 2.32. The van der Waals surface area contributed by atoms with Crippen LogP contribution in [0.2, 0.25) is 0 Å². The largest absolute Gasteiger partial charge is 0.459 e. The van der Waals surface area contributed by atoms with Crippen LogP contribution in [-0.4, -0.2) is 34.2 Å². The van der Waals surface area contributed by atoms with Gasteiger partial charge in [-0.1, -0.05) is 6.92 Å². The molecule has 102 valence electrons. The van der Waals surface area contributed by atoms with Crippen molar-refractivity contribution in [1.82, 2.24) is 15.1 Å². The first kappa shape index (κ1) is 12.4. The first-order chi connectivity index (χ1) is 9.22. The molecule has 19 heavy (non-hydrogen) atoms. The highest BCUT2D eigenvalue weighted by Gasteiger charge is 2.24. The minimum atomic E-state index is 0.223. The molecular weight excluding hydrogens is 244 g/mol. The number of aromatic nitrogens is 2. The topological polar surface area (TPSA) is 81.3 Å². The molecule has 2 aromatic heterocycles. The summed E-state index contributed by atoms with van der Waals surface area (Å²) in [5, 5.41) is 8.04. The normalized spacial score (nSPS) is 24.7. The van der Waals surface area contributed by atoms with Crippen LogP contribution < -0.4 is 5.73 Å². The van der Waals surface area contributed by atoms with Crippen LogP contribution in [0.4, 0.5) is 0 Å². The average Bonchev–Trinajstić information content (AvgIpc) is 3.04. The predicted molar refractivity (Wildman–Crippen MR) is 69.0 cm³/mol. The zero-order valence-electron chi connectivity index (χ0n) is 11.0. The van der Waals surface area contributed by atoms with E-state index >= 15 is 0 Å². The number of hydrogen-bond donors (Lipinski definition) is 1. The number of rotatable bonds is 3. The fourth-order valence-corrected chi connectivity index (χ4v) is 2.32. The van der Waals surface area contributed by atoms with Crippen molar-refractivity contribution in [1.29, 1.82) is 0 Å². The zero-order chi connectivity index (χ0) is 13.2. The third kappa shape index (κ3) is 2.69. The second kappa shape index (κ2) is 5.14. The van der Waals surface area contributed by atoms with Gasteiger partial charge in [-0.05, 0) is 31.0 Å². The van der Waals surface area contributed by atoms with Gasteiger partial charge in [0.2, 0.25) is 5.89 Å². The highest BCUT2D eigenvalue weighted by atomic mass is 16.4. The van der Waals surface area contributed by atoms with Crippen molar-refractivity contribution < 1.29 is 8.83 Å². The molecule has 2 aromatic rings. The van der Waals surface area contributed by atoms with Crippen molar-refractivity contribution in [2.75, 3.05) is 13.1 Å². The summed E-state index contributed by atoms with van der Waals surface area (Å²) in [6.07, 6.45) is 2.70. The molecule has 0 aromatic carbocycles. The van der Waals surface area contributed by atoms with Crippen molar-refractivity contribution in [3.8, 4) is 11.7 Å². The molecule has 0 saturated carbocycles. The Balaban J connectivity index is 1.64. The molecule has 3 rings (SSSR count). The van der Waals surface area contributed by atoms with Gasteiger partial charge in [0.15, 0.2) is 5.76 Å². The van der Waals surface area contributed by atoms with E-state index in [9.17, 15) is 0 Å². The van der Waals surface area contributed by atoms with Gasteiger partial charge in [0, 0.05) is 12.6 Å². The van der Waals surface area contributed by atoms with Crippen molar-refractivity contribution in [2.45, 2.75) is 25.9 Å². The van der Waals surface area contributed by atoms with Crippen LogP contribution in [0.15, 0.2) is 27.2 Å². The van der Waals surface area contributed by atoms with Crippen LogP contribution in [-0.2, 0) is 6.54 Å². The van der Waals surface area contributed by atoms with E-state index in [4.69, 9.17) is 14.6 Å². The lowest BCUT2D eigenvalue weighted by Gasteiger charge is -2.34. The van der Waals surface area contributed by atoms with Crippen LogP contribution in [0.1, 0.15) is 19.2 Å². The molecule has 3 heterocycles. The molecule has 0 bridgehead atoms. The lowest BCUT2D eigenvalue weighted by Crippen LogP contribution is -2.47. The molecule has 0 radical (unpaired) electrons. The third-order valence-electron chi connectivity index (χ3n) is 3.66. The number of nitrogens with two attached hydrogens (primary N) is 1. The SMILES string of the molecule is CC1CCN(Cc2nnc(-c3ccco3)o2)CC1N. The Morgan fingerprint density at radius 2 is 2.37 bits per heavy atom. The summed E-state index contributed by atoms with van der Waals surface area (Å²) in [6, 6.07) is 3.82. The molecule has 0 amide bonds. The van der Waals surface area contributed by atoms with Crippen LogP contribution in [0, 0.1) is 5.92 Å². The predicted octanol–water partition coefficient (Wildman–Crippen LogP) is 1.50. The summed E-state index contributed by atoms with van der Waals surface area (Å²) in [5.74, 6) is 2.21. The maximum absolute atomic E-state index is 6.08. The highest BCUT2D eigenvalue weighted by molar-refractivity contribution is 5.42. The Bertz CT molecular complexity index is 522. The summed E-state index contributed by atoms with van der Waals surface area (Å²) in [7, 11) is 0. The van der Waals surface area contributed by atoms with Gasteiger partial charge in [-0.3, -0.25) is 4.90 Å². The van der Waals surface area contributed by atoms with E-state index in [2.05, 4.69) is 22.0 Å². The van der Waals surface area contributed by atoms with Crippen LogP contribution >= 0.6 is 0 Å². The molecule has 2 unspecified atom stereocenters. The molecule has 2 atom stereocenters. The Morgan fingerprint density at radius 3 is 3.11 bits per heavy atom. The number of hydrogen-bond acceptors (Lipinski definition) is 6. The van der Waals surface area contributed by atoms with E-state index in [1.54, 1.807) is 18.4 Å². The molecule has 6 nitrogen and oxygen atoms in total. The number of likely N-dealkylation sites (tertiary alicyclic amines) is 1. The first-order valence-electron chi connectivity index (χ1n) is 6.56. The van der Waals surface area contributed by atoms with Crippen LogP contribution in [0.25, 0.3) is 11.7 Å². The van der Waals surface area contributed by atoms with Gasteiger partial charge >= 0.3 is 0 Å². The highest BCUT2D eigenvalue weighted by Crippen LogP contribution is 2.20. The van der Waals surface area contributed by atoms with Crippen molar-refractivity contribution in [2.24, 2.45) is 11.7 Å². The molecule has 0 spiro atoms. The smallest absolute Gasteiger partial charge is 0.283 e. The standard InChI is InChI=1S/C13H18N4O2/c1-9-4-5-17(7-10(9)14)8-12-15-16-13(19-12)11-3-2-6-18-11/h2-3,6,9-10H,4-5,7-8,14H2,1H3. The first-order valence-corrected chi connectivity index (χ1v) is 6.56. The van der Waals surface area contributed by atoms with Crippen molar-refractivity contribution in [3.63, 3.8) is 0 Å². The molecule has 2 N–H and O–H groups in total. The maximum Gasteiger partial charge on any atom is 0.283 e. The van der Waals surface area contributed by atoms with Crippen molar-refractivity contribution in [3.05, 3.63) is 24.3 Å². The van der Waals surface area contributed by atoms with Gasteiger partial charge in [-0.2, -0.15) is 0 Å². The molecule has 1 aliphatic heterocycles. The van der Waals surface area contributed by atoms with Gasteiger partial charge in [-0.15, -0.1) is 10.2 Å². The number of furan rings is 1. The van der Waals surface area contributed by atoms with Gasteiger partial charge in [-0.25, -0.2) is 0 Å². The minimum Gasteiger partial charge on any atom is -0.459 e. The second-order valence-electron chi connectivity index (χ2n) is 5.14. The van der Waals surface area contributed by atoms with E-state index in [-0.39, 0.29) is 6.04 Å². The minimum absolute atomic E-state index is 0.223. The summed E-state index contributed by atoms with van der Waals surface area (Å²) in [5.41, 5.74) is 6.08. The quantitative estimate of drug-likeness (QED) is 0.902. The van der Waals surface area contributed by atoms with Gasteiger partial charge in [0.1, 0.15) is 0 Å². The van der Waals surface area contributed by atoms with E-state index in [0.29, 0.717) is 30.0 Å². The molecule has 0 aliphatic carbocycles. The number of nitrogens with zero attached hydrogens (tertiary/aromatic N) is 3.